The van der Waals surface area contributed by atoms with E-state index in [9.17, 15) is 10.2 Å². The van der Waals surface area contributed by atoms with Gasteiger partial charge in [-0.3, -0.25) is 0 Å². The number of aromatic hydroxyl groups is 2. The van der Waals surface area contributed by atoms with Crippen LogP contribution in [0.15, 0.2) is 6.07 Å². The van der Waals surface area contributed by atoms with Gasteiger partial charge in [0, 0.05) is 16.7 Å². The number of rotatable bonds is 2. The summed E-state index contributed by atoms with van der Waals surface area (Å²) in [5.74, 6) is -0.255. The summed E-state index contributed by atoms with van der Waals surface area (Å²) in [6, 6.07) is 1.37. The topological polar surface area (TPSA) is 80.9 Å². The van der Waals surface area contributed by atoms with Crippen molar-refractivity contribution in [2.24, 2.45) is 0 Å². The molecule has 4 nitrogen and oxygen atoms in total. The van der Waals surface area contributed by atoms with Crippen LogP contribution in [0.2, 0.25) is 0 Å². The van der Waals surface area contributed by atoms with Crippen molar-refractivity contribution in [3.8, 4) is 11.5 Å². The zero-order valence-electron chi connectivity index (χ0n) is 7.28. The van der Waals surface area contributed by atoms with Crippen molar-refractivity contribution < 1.29 is 20.4 Å². The van der Waals surface area contributed by atoms with Crippen LogP contribution >= 0.6 is 0 Å². The molecule has 0 radical (unpaired) electrons. The van der Waals surface area contributed by atoms with E-state index in [1.165, 1.54) is 13.0 Å². The summed E-state index contributed by atoms with van der Waals surface area (Å²) < 4.78 is 0. The van der Waals surface area contributed by atoms with Gasteiger partial charge in [-0.25, -0.2) is 0 Å². The van der Waals surface area contributed by atoms with Crippen LogP contribution in [0, 0.1) is 6.92 Å². The lowest BCUT2D eigenvalue weighted by Crippen LogP contribution is -1.93. The molecule has 0 bridgehead atoms. The molecule has 4 N–H and O–H groups in total. The summed E-state index contributed by atoms with van der Waals surface area (Å²) in [5.41, 5.74) is 0.884. The normalized spacial score (nSPS) is 10.4. The second-order valence-electron chi connectivity index (χ2n) is 2.83. The third-order valence-electron chi connectivity index (χ3n) is 2.01. The fourth-order valence-electron chi connectivity index (χ4n) is 1.18. The number of hydrogen-bond donors (Lipinski definition) is 4. The molecule has 0 saturated heterocycles. The van der Waals surface area contributed by atoms with Gasteiger partial charge >= 0.3 is 0 Å². The standard InChI is InChI=1S/C9H12O4/c1-5-8(12)6(3-10)2-7(4-11)9(5)13/h2,10-13H,3-4H2,1H3. The van der Waals surface area contributed by atoms with Gasteiger partial charge < -0.3 is 20.4 Å². The number of phenols is 2. The predicted octanol–water partition coefficient (Wildman–Crippen LogP) is 0.391. The zero-order valence-corrected chi connectivity index (χ0v) is 7.28. The van der Waals surface area contributed by atoms with E-state index in [2.05, 4.69) is 0 Å². The molecule has 1 aromatic carbocycles. The van der Waals surface area contributed by atoms with E-state index in [0.29, 0.717) is 11.1 Å². The molecule has 1 rings (SSSR count). The van der Waals surface area contributed by atoms with Gasteiger partial charge in [0.15, 0.2) is 0 Å². The molecule has 0 saturated carbocycles. The molecule has 0 aliphatic heterocycles. The Balaban J connectivity index is 3.36. The van der Waals surface area contributed by atoms with E-state index in [-0.39, 0.29) is 30.3 Å². The Hall–Kier alpha value is -1.26. The second kappa shape index (κ2) is 3.64. The highest BCUT2D eigenvalue weighted by molar-refractivity contribution is 5.52. The van der Waals surface area contributed by atoms with Crippen molar-refractivity contribution in [3.05, 3.63) is 22.8 Å². The van der Waals surface area contributed by atoms with Gasteiger partial charge in [-0.15, -0.1) is 0 Å². The van der Waals surface area contributed by atoms with Crippen molar-refractivity contribution in [3.63, 3.8) is 0 Å². The summed E-state index contributed by atoms with van der Waals surface area (Å²) in [7, 11) is 0. The minimum atomic E-state index is -0.319. The summed E-state index contributed by atoms with van der Waals surface area (Å²) in [5, 5.41) is 36.5. The summed E-state index contributed by atoms with van der Waals surface area (Å²) >= 11 is 0. The van der Waals surface area contributed by atoms with Gasteiger partial charge in [0.1, 0.15) is 11.5 Å². The second-order valence-corrected chi connectivity index (χ2v) is 2.83. The smallest absolute Gasteiger partial charge is 0.127 e. The molecule has 0 unspecified atom stereocenters. The third-order valence-corrected chi connectivity index (χ3v) is 2.01. The highest BCUT2D eigenvalue weighted by Gasteiger charge is 2.12. The largest absolute Gasteiger partial charge is 0.507 e. The van der Waals surface area contributed by atoms with Gasteiger partial charge in [-0.05, 0) is 13.0 Å². The molecule has 0 aliphatic rings. The Morgan fingerprint density at radius 3 is 1.69 bits per heavy atom. The van der Waals surface area contributed by atoms with Crippen molar-refractivity contribution >= 4 is 0 Å². The molecule has 72 valence electrons. The first-order chi connectivity index (χ1) is 6.11. The molecule has 13 heavy (non-hydrogen) atoms. The van der Waals surface area contributed by atoms with Crippen LogP contribution in [0.1, 0.15) is 16.7 Å². The Bertz CT molecular complexity index is 292. The number of aliphatic hydroxyl groups excluding tert-OH is 2. The average Bonchev–Trinajstić information content (AvgIpc) is 2.15. The zero-order chi connectivity index (χ0) is 10.0. The molecular formula is C9H12O4. The van der Waals surface area contributed by atoms with E-state index in [4.69, 9.17) is 10.2 Å². The van der Waals surface area contributed by atoms with E-state index in [1.54, 1.807) is 0 Å². The number of aliphatic hydroxyl groups is 2. The fraction of sp³-hybridized carbons (Fsp3) is 0.333. The summed E-state index contributed by atoms with van der Waals surface area (Å²) in [6.07, 6.45) is 0. The van der Waals surface area contributed by atoms with E-state index < -0.39 is 0 Å². The molecule has 0 aliphatic carbocycles. The fourth-order valence-corrected chi connectivity index (χ4v) is 1.18. The van der Waals surface area contributed by atoms with Crippen molar-refractivity contribution in [1.29, 1.82) is 0 Å². The molecule has 4 heteroatoms. The van der Waals surface area contributed by atoms with Crippen LogP contribution in [0.3, 0.4) is 0 Å². The van der Waals surface area contributed by atoms with Gasteiger partial charge in [-0.2, -0.15) is 0 Å². The SMILES string of the molecule is Cc1c(O)c(CO)cc(CO)c1O. The average molecular weight is 184 g/mol. The predicted molar refractivity (Wildman–Crippen MR) is 46.4 cm³/mol. The van der Waals surface area contributed by atoms with Crippen LogP contribution in [-0.2, 0) is 13.2 Å². The quantitative estimate of drug-likeness (QED) is 0.536. The molecule has 1 aromatic rings. The summed E-state index contributed by atoms with van der Waals surface area (Å²) in [6.45, 7) is 0.878. The van der Waals surface area contributed by atoms with Crippen molar-refractivity contribution in [1.82, 2.24) is 0 Å². The van der Waals surface area contributed by atoms with E-state index in [0.717, 1.165) is 0 Å². The molecule has 0 spiro atoms. The van der Waals surface area contributed by atoms with Gasteiger partial charge in [-0.1, -0.05) is 0 Å². The van der Waals surface area contributed by atoms with Crippen LogP contribution in [0.25, 0.3) is 0 Å². The Labute approximate surface area is 75.7 Å². The molecular weight excluding hydrogens is 172 g/mol. The van der Waals surface area contributed by atoms with Crippen LogP contribution in [-0.4, -0.2) is 20.4 Å². The Morgan fingerprint density at radius 1 is 1.00 bits per heavy atom. The summed E-state index contributed by atoms with van der Waals surface area (Å²) in [4.78, 5) is 0. The lowest BCUT2D eigenvalue weighted by molar-refractivity contribution is 0.266. The van der Waals surface area contributed by atoms with Crippen molar-refractivity contribution in [2.75, 3.05) is 0 Å². The third kappa shape index (κ3) is 1.59. The molecule has 0 atom stereocenters. The maximum absolute atomic E-state index is 9.40. The lowest BCUT2D eigenvalue weighted by Gasteiger charge is -2.10. The minimum absolute atomic E-state index is 0.128. The van der Waals surface area contributed by atoms with Crippen LogP contribution in [0.4, 0.5) is 0 Å². The first kappa shape index (κ1) is 9.83. The first-order valence-corrected chi connectivity index (χ1v) is 3.86. The molecule has 0 amide bonds. The first-order valence-electron chi connectivity index (χ1n) is 3.86. The van der Waals surface area contributed by atoms with E-state index >= 15 is 0 Å². The van der Waals surface area contributed by atoms with Gasteiger partial charge in [0.25, 0.3) is 0 Å². The lowest BCUT2D eigenvalue weighted by atomic mass is 10.0. The minimum Gasteiger partial charge on any atom is -0.507 e. The molecule has 0 fully saturated rings. The number of benzene rings is 1. The van der Waals surface area contributed by atoms with E-state index in [1.807, 2.05) is 0 Å². The molecule has 0 aromatic heterocycles. The maximum Gasteiger partial charge on any atom is 0.127 e. The van der Waals surface area contributed by atoms with Crippen molar-refractivity contribution in [2.45, 2.75) is 20.1 Å². The highest BCUT2D eigenvalue weighted by Crippen LogP contribution is 2.33. The van der Waals surface area contributed by atoms with Gasteiger partial charge in [0.05, 0.1) is 13.2 Å². The maximum atomic E-state index is 9.40. The Morgan fingerprint density at radius 2 is 1.38 bits per heavy atom. The van der Waals surface area contributed by atoms with Crippen LogP contribution in [0.5, 0.6) is 11.5 Å². The number of hydrogen-bond acceptors (Lipinski definition) is 4. The van der Waals surface area contributed by atoms with Crippen LogP contribution < -0.4 is 0 Å². The highest BCUT2D eigenvalue weighted by atomic mass is 16.3. The monoisotopic (exact) mass is 184 g/mol. The van der Waals surface area contributed by atoms with Gasteiger partial charge in [0.2, 0.25) is 0 Å². The Kier molecular flexibility index (Phi) is 2.75. The molecule has 0 heterocycles.